The molecular formula is C31H37N5O4. The lowest BCUT2D eigenvalue weighted by atomic mass is 9.70. The van der Waals surface area contributed by atoms with E-state index in [9.17, 15) is 14.4 Å². The molecule has 1 aromatic carbocycles. The number of aromatic nitrogens is 4. The second kappa shape index (κ2) is 10.4. The van der Waals surface area contributed by atoms with E-state index in [1.54, 1.807) is 35.3 Å². The van der Waals surface area contributed by atoms with Crippen molar-refractivity contribution in [1.29, 1.82) is 0 Å². The van der Waals surface area contributed by atoms with Crippen molar-refractivity contribution in [2.75, 3.05) is 0 Å². The van der Waals surface area contributed by atoms with Gasteiger partial charge in [0.2, 0.25) is 5.91 Å². The second-order valence-corrected chi connectivity index (χ2v) is 12.6. The van der Waals surface area contributed by atoms with Crippen molar-refractivity contribution >= 4 is 28.4 Å². The van der Waals surface area contributed by atoms with Crippen LogP contribution in [0.25, 0.3) is 10.9 Å². The van der Waals surface area contributed by atoms with Crippen molar-refractivity contribution in [3.05, 3.63) is 48.2 Å². The highest BCUT2D eigenvalue weighted by Gasteiger charge is 2.55. The van der Waals surface area contributed by atoms with Crippen LogP contribution < -0.4 is 4.74 Å². The number of carbonyl (C=O) groups is 3. The first kappa shape index (κ1) is 26.6. The van der Waals surface area contributed by atoms with Crippen LogP contribution in [0.3, 0.4) is 0 Å². The highest BCUT2D eigenvalue weighted by molar-refractivity contribution is 6.05. The lowest BCUT2D eigenvalue weighted by Gasteiger charge is -2.36. The SMILES string of the molecule is CC(=O)c1nn(CC(=O)N2[C@@H]3C[C@@H]3C[C@H]2C(=O)C[C@H]2CCCC(C)(C)C2)c2ccc(OCc3ncccn3)cc12. The third-order valence-electron chi connectivity index (χ3n) is 8.89. The summed E-state index contributed by atoms with van der Waals surface area (Å²) in [6, 6.07) is 6.94. The smallest absolute Gasteiger partial charge is 0.245 e. The van der Waals surface area contributed by atoms with Crippen LogP contribution in [0.15, 0.2) is 36.7 Å². The number of Topliss-reactive ketones (excluding diaryl/α,β-unsaturated/α-hetero) is 2. The van der Waals surface area contributed by atoms with Crippen LogP contribution in [0.2, 0.25) is 0 Å². The van der Waals surface area contributed by atoms with Crippen molar-refractivity contribution in [3.63, 3.8) is 0 Å². The van der Waals surface area contributed by atoms with Crippen molar-refractivity contribution in [3.8, 4) is 5.75 Å². The number of ketones is 2. The molecule has 2 saturated carbocycles. The number of piperidine rings is 1. The van der Waals surface area contributed by atoms with E-state index < -0.39 is 0 Å². The third-order valence-corrected chi connectivity index (χ3v) is 8.89. The Morgan fingerprint density at radius 1 is 1.12 bits per heavy atom. The molecule has 4 atom stereocenters. The van der Waals surface area contributed by atoms with Crippen LogP contribution in [-0.4, -0.2) is 54.2 Å². The van der Waals surface area contributed by atoms with Crippen molar-refractivity contribution in [1.82, 2.24) is 24.6 Å². The van der Waals surface area contributed by atoms with Crippen LogP contribution in [0, 0.1) is 17.3 Å². The zero-order valence-electron chi connectivity index (χ0n) is 23.5. The summed E-state index contributed by atoms with van der Waals surface area (Å²) in [6.07, 6.45) is 10.2. The topological polar surface area (TPSA) is 107 Å². The third kappa shape index (κ3) is 5.38. The Kier molecular flexibility index (Phi) is 6.92. The fraction of sp³-hybridized carbons (Fsp3) is 0.548. The molecule has 9 nitrogen and oxygen atoms in total. The van der Waals surface area contributed by atoms with Crippen LogP contribution in [0.1, 0.15) is 82.0 Å². The molecule has 1 amide bonds. The van der Waals surface area contributed by atoms with Gasteiger partial charge in [-0.3, -0.25) is 19.1 Å². The molecule has 2 aliphatic carbocycles. The second-order valence-electron chi connectivity index (χ2n) is 12.6. The molecule has 6 rings (SSSR count). The predicted octanol–water partition coefficient (Wildman–Crippen LogP) is 4.77. The fourth-order valence-corrected chi connectivity index (χ4v) is 6.94. The number of amides is 1. The van der Waals surface area contributed by atoms with Gasteiger partial charge in [-0.2, -0.15) is 5.10 Å². The zero-order valence-corrected chi connectivity index (χ0v) is 23.5. The molecule has 0 unspecified atom stereocenters. The zero-order chi connectivity index (χ0) is 28.0. The highest BCUT2D eigenvalue weighted by atomic mass is 16.5. The summed E-state index contributed by atoms with van der Waals surface area (Å²) in [5.74, 6) is 1.86. The summed E-state index contributed by atoms with van der Waals surface area (Å²) >= 11 is 0. The number of nitrogens with zero attached hydrogens (tertiary/aromatic N) is 5. The molecule has 9 heteroatoms. The highest BCUT2D eigenvalue weighted by Crippen LogP contribution is 2.49. The Labute approximate surface area is 234 Å². The maximum absolute atomic E-state index is 13.7. The summed E-state index contributed by atoms with van der Waals surface area (Å²) in [4.78, 5) is 49.8. The number of benzene rings is 1. The van der Waals surface area contributed by atoms with E-state index in [2.05, 4.69) is 28.9 Å². The normalized spacial score (nSPS) is 25.0. The first-order valence-electron chi connectivity index (χ1n) is 14.4. The molecule has 0 spiro atoms. The minimum Gasteiger partial charge on any atom is -0.486 e. The molecule has 3 aliphatic rings. The van der Waals surface area contributed by atoms with Gasteiger partial charge >= 0.3 is 0 Å². The van der Waals surface area contributed by atoms with Crippen molar-refractivity contribution < 1.29 is 19.1 Å². The van der Waals surface area contributed by atoms with Crippen molar-refractivity contribution in [2.45, 2.75) is 91.0 Å². The fourth-order valence-electron chi connectivity index (χ4n) is 6.94. The summed E-state index contributed by atoms with van der Waals surface area (Å²) in [5, 5.41) is 5.16. The van der Waals surface area contributed by atoms with Gasteiger partial charge < -0.3 is 9.64 Å². The minimum absolute atomic E-state index is 0.00863. The molecule has 1 aliphatic heterocycles. The van der Waals surface area contributed by atoms with Crippen LogP contribution in [0.5, 0.6) is 5.75 Å². The lowest BCUT2D eigenvalue weighted by molar-refractivity contribution is -0.140. The lowest BCUT2D eigenvalue weighted by Crippen LogP contribution is -2.45. The minimum atomic E-state index is -0.337. The van der Waals surface area contributed by atoms with E-state index in [0.717, 1.165) is 25.7 Å². The number of rotatable bonds is 9. The molecule has 2 aromatic heterocycles. The maximum Gasteiger partial charge on any atom is 0.245 e. The molecule has 3 aromatic rings. The van der Waals surface area contributed by atoms with E-state index in [1.807, 2.05) is 11.0 Å². The van der Waals surface area contributed by atoms with E-state index in [0.29, 0.717) is 46.4 Å². The molecular weight excluding hydrogens is 506 g/mol. The van der Waals surface area contributed by atoms with Gasteiger partial charge in [-0.05, 0) is 73.6 Å². The first-order valence-corrected chi connectivity index (χ1v) is 14.4. The van der Waals surface area contributed by atoms with Crippen LogP contribution in [-0.2, 0) is 22.7 Å². The van der Waals surface area contributed by atoms with Gasteiger partial charge in [0.05, 0.1) is 11.6 Å². The Balaban J connectivity index is 1.18. The largest absolute Gasteiger partial charge is 0.486 e. The predicted molar refractivity (Wildman–Crippen MR) is 149 cm³/mol. The quantitative estimate of drug-likeness (QED) is 0.358. The van der Waals surface area contributed by atoms with Gasteiger partial charge in [0.1, 0.15) is 24.6 Å². The summed E-state index contributed by atoms with van der Waals surface area (Å²) in [5.41, 5.74) is 1.26. The number of likely N-dealkylation sites (tertiary alicyclic amines) is 1. The van der Waals surface area contributed by atoms with Crippen LogP contribution in [0.4, 0.5) is 0 Å². The molecule has 0 bridgehead atoms. The van der Waals surface area contributed by atoms with Gasteiger partial charge in [-0.25, -0.2) is 9.97 Å². The Morgan fingerprint density at radius 3 is 2.67 bits per heavy atom. The molecule has 3 heterocycles. The molecule has 3 fully saturated rings. The molecule has 0 radical (unpaired) electrons. The number of hydrogen-bond donors (Lipinski definition) is 0. The maximum atomic E-state index is 13.7. The summed E-state index contributed by atoms with van der Waals surface area (Å²) < 4.78 is 7.45. The monoisotopic (exact) mass is 543 g/mol. The number of hydrogen-bond acceptors (Lipinski definition) is 7. The van der Waals surface area contributed by atoms with Gasteiger partial charge in [0.15, 0.2) is 17.4 Å². The average Bonchev–Trinajstić information content (AvgIpc) is 3.43. The molecule has 1 saturated heterocycles. The van der Waals surface area contributed by atoms with Gasteiger partial charge in [-0.1, -0.05) is 20.3 Å². The van der Waals surface area contributed by atoms with Crippen molar-refractivity contribution in [2.24, 2.45) is 17.3 Å². The van der Waals surface area contributed by atoms with E-state index in [-0.39, 0.29) is 48.1 Å². The van der Waals surface area contributed by atoms with E-state index >= 15 is 0 Å². The molecule has 0 N–H and O–H groups in total. The summed E-state index contributed by atoms with van der Waals surface area (Å²) in [7, 11) is 0. The Morgan fingerprint density at radius 2 is 1.93 bits per heavy atom. The van der Waals surface area contributed by atoms with E-state index in [1.165, 1.54) is 19.8 Å². The average molecular weight is 544 g/mol. The Bertz CT molecular complexity index is 1450. The van der Waals surface area contributed by atoms with Gasteiger partial charge in [-0.15, -0.1) is 0 Å². The number of carbonyl (C=O) groups excluding carboxylic acids is 3. The van der Waals surface area contributed by atoms with Gasteiger partial charge in [0.25, 0.3) is 0 Å². The summed E-state index contributed by atoms with van der Waals surface area (Å²) in [6.45, 7) is 6.24. The number of fused-ring (bicyclic) bond motifs is 2. The van der Waals surface area contributed by atoms with Crippen LogP contribution >= 0.6 is 0 Å². The molecule has 40 heavy (non-hydrogen) atoms. The number of ether oxygens (including phenoxy) is 1. The Hall–Kier alpha value is -3.62. The first-order chi connectivity index (χ1) is 19.2. The standard InChI is InChI=1S/C31H37N5O4/c1-19(37)30-23-15-22(40-18-28-32-10-5-11-33-28)7-8-24(23)35(34-30)17-29(39)36-25-13-21(25)14-26(36)27(38)12-20-6-4-9-31(2,3)16-20/h5,7-8,10-11,15,20-21,25-26H,4,6,9,12-14,16-18H2,1-3H3/t20-,21-,25-,26+/m1/s1. The van der Waals surface area contributed by atoms with Gasteiger partial charge in [0, 0.05) is 37.2 Å². The van der Waals surface area contributed by atoms with E-state index in [4.69, 9.17) is 4.74 Å². The molecule has 210 valence electrons.